The van der Waals surface area contributed by atoms with Crippen LogP contribution in [0.1, 0.15) is 5.56 Å². The van der Waals surface area contributed by atoms with Crippen molar-refractivity contribution in [2.24, 2.45) is 0 Å². The molecule has 0 aliphatic heterocycles. The molecule has 0 saturated heterocycles. The SMILES string of the molecule is Cc1cccc2sc3ccc(-c4ccncc4)cc3c12. The van der Waals surface area contributed by atoms with Crippen molar-refractivity contribution in [3.8, 4) is 11.1 Å². The van der Waals surface area contributed by atoms with Gasteiger partial charge in [-0.3, -0.25) is 4.98 Å². The number of pyridine rings is 1. The molecule has 0 radical (unpaired) electrons. The van der Waals surface area contributed by atoms with Crippen LogP contribution in [0.25, 0.3) is 31.3 Å². The van der Waals surface area contributed by atoms with E-state index in [1.165, 1.54) is 36.9 Å². The molecule has 2 heterocycles. The van der Waals surface area contributed by atoms with Gasteiger partial charge in [0.1, 0.15) is 0 Å². The van der Waals surface area contributed by atoms with Gasteiger partial charge in [-0.15, -0.1) is 11.3 Å². The molecule has 0 fully saturated rings. The van der Waals surface area contributed by atoms with E-state index in [1.54, 1.807) is 0 Å². The minimum absolute atomic E-state index is 1.22. The lowest BCUT2D eigenvalue weighted by Crippen LogP contribution is -1.79. The second kappa shape index (κ2) is 4.43. The minimum atomic E-state index is 1.22. The number of rotatable bonds is 1. The maximum atomic E-state index is 4.09. The molecule has 0 unspecified atom stereocenters. The molecule has 0 bridgehead atoms. The summed E-state index contributed by atoms with van der Waals surface area (Å²) in [5, 5.41) is 2.75. The van der Waals surface area contributed by atoms with E-state index in [2.05, 4.69) is 60.4 Å². The monoisotopic (exact) mass is 275 g/mol. The molecule has 96 valence electrons. The minimum Gasteiger partial charge on any atom is -0.265 e. The fourth-order valence-electron chi connectivity index (χ4n) is 2.73. The summed E-state index contributed by atoms with van der Waals surface area (Å²) in [4.78, 5) is 4.09. The van der Waals surface area contributed by atoms with Crippen LogP contribution < -0.4 is 0 Å². The topological polar surface area (TPSA) is 12.9 Å². The van der Waals surface area contributed by atoms with Gasteiger partial charge in [-0.1, -0.05) is 18.2 Å². The van der Waals surface area contributed by atoms with Crippen LogP contribution in [0.4, 0.5) is 0 Å². The van der Waals surface area contributed by atoms with E-state index in [1.807, 2.05) is 23.7 Å². The Balaban J connectivity index is 2.06. The van der Waals surface area contributed by atoms with Gasteiger partial charge < -0.3 is 0 Å². The van der Waals surface area contributed by atoms with E-state index >= 15 is 0 Å². The molecule has 2 aromatic carbocycles. The number of hydrogen-bond acceptors (Lipinski definition) is 2. The summed E-state index contributed by atoms with van der Waals surface area (Å²) in [7, 11) is 0. The van der Waals surface area contributed by atoms with E-state index in [0.717, 1.165) is 0 Å². The van der Waals surface area contributed by atoms with Gasteiger partial charge in [-0.05, 0) is 53.9 Å². The fraction of sp³-hybridized carbons (Fsp3) is 0.0556. The number of aryl methyl sites for hydroxylation is 1. The van der Waals surface area contributed by atoms with Crippen molar-refractivity contribution < 1.29 is 0 Å². The Morgan fingerprint density at radius 1 is 0.850 bits per heavy atom. The van der Waals surface area contributed by atoms with E-state index in [9.17, 15) is 0 Å². The average Bonchev–Trinajstić information content (AvgIpc) is 2.87. The molecule has 20 heavy (non-hydrogen) atoms. The molecule has 1 nitrogen and oxygen atoms in total. The summed E-state index contributed by atoms with van der Waals surface area (Å²) in [5.74, 6) is 0. The van der Waals surface area contributed by atoms with E-state index in [4.69, 9.17) is 0 Å². The molecular formula is C18H13NS. The van der Waals surface area contributed by atoms with Gasteiger partial charge in [0.05, 0.1) is 0 Å². The first kappa shape index (κ1) is 11.6. The maximum absolute atomic E-state index is 4.09. The number of hydrogen-bond donors (Lipinski definition) is 0. The maximum Gasteiger partial charge on any atom is 0.0358 e. The molecule has 4 rings (SSSR count). The Hall–Kier alpha value is -2.19. The number of nitrogens with zero attached hydrogens (tertiary/aromatic N) is 1. The van der Waals surface area contributed by atoms with Crippen LogP contribution in [-0.4, -0.2) is 4.98 Å². The van der Waals surface area contributed by atoms with Gasteiger partial charge >= 0.3 is 0 Å². The zero-order valence-electron chi connectivity index (χ0n) is 11.1. The lowest BCUT2D eigenvalue weighted by Gasteiger charge is -2.02. The van der Waals surface area contributed by atoms with Crippen molar-refractivity contribution in [1.29, 1.82) is 0 Å². The van der Waals surface area contributed by atoms with Crippen LogP contribution in [0.3, 0.4) is 0 Å². The van der Waals surface area contributed by atoms with Crippen LogP contribution in [0, 0.1) is 6.92 Å². The molecule has 2 aromatic heterocycles. The van der Waals surface area contributed by atoms with Crippen molar-refractivity contribution >= 4 is 31.5 Å². The molecular weight excluding hydrogens is 262 g/mol. The lowest BCUT2D eigenvalue weighted by molar-refractivity contribution is 1.33. The quantitative estimate of drug-likeness (QED) is 0.451. The average molecular weight is 275 g/mol. The highest BCUT2D eigenvalue weighted by molar-refractivity contribution is 7.25. The third-order valence-corrected chi connectivity index (χ3v) is 4.85. The van der Waals surface area contributed by atoms with Gasteiger partial charge in [0.25, 0.3) is 0 Å². The molecule has 0 spiro atoms. The van der Waals surface area contributed by atoms with Gasteiger partial charge in [-0.25, -0.2) is 0 Å². The third-order valence-electron chi connectivity index (χ3n) is 3.72. The van der Waals surface area contributed by atoms with Crippen molar-refractivity contribution in [3.63, 3.8) is 0 Å². The summed E-state index contributed by atoms with van der Waals surface area (Å²) < 4.78 is 2.72. The summed E-state index contributed by atoms with van der Waals surface area (Å²) in [6, 6.07) is 17.4. The zero-order valence-corrected chi connectivity index (χ0v) is 11.9. The predicted octanol–water partition coefficient (Wildman–Crippen LogP) is 5.42. The highest BCUT2D eigenvalue weighted by atomic mass is 32.1. The van der Waals surface area contributed by atoms with Gasteiger partial charge in [0, 0.05) is 32.6 Å². The number of fused-ring (bicyclic) bond motifs is 3. The largest absolute Gasteiger partial charge is 0.265 e. The number of aromatic nitrogens is 1. The lowest BCUT2D eigenvalue weighted by atomic mass is 10.0. The highest BCUT2D eigenvalue weighted by Crippen LogP contribution is 2.37. The van der Waals surface area contributed by atoms with Crippen LogP contribution in [-0.2, 0) is 0 Å². The number of benzene rings is 2. The van der Waals surface area contributed by atoms with Gasteiger partial charge in [0.15, 0.2) is 0 Å². The summed E-state index contributed by atoms with van der Waals surface area (Å²) in [6.45, 7) is 2.19. The molecule has 0 N–H and O–H groups in total. The van der Waals surface area contributed by atoms with Crippen molar-refractivity contribution in [2.75, 3.05) is 0 Å². The molecule has 0 aliphatic rings. The van der Waals surface area contributed by atoms with E-state index < -0.39 is 0 Å². The molecule has 0 atom stereocenters. The van der Waals surface area contributed by atoms with E-state index in [0.29, 0.717) is 0 Å². The van der Waals surface area contributed by atoms with Crippen LogP contribution in [0.5, 0.6) is 0 Å². The van der Waals surface area contributed by atoms with Crippen molar-refractivity contribution in [1.82, 2.24) is 4.98 Å². The Morgan fingerprint density at radius 2 is 1.70 bits per heavy atom. The second-order valence-electron chi connectivity index (χ2n) is 5.00. The van der Waals surface area contributed by atoms with Crippen molar-refractivity contribution in [2.45, 2.75) is 6.92 Å². The molecule has 0 amide bonds. The van der Waals surface area contributed by atoms with Gasteiger partial charge in [-0.2, -0.15) is 0 Å². The molecule has 0 saturated carbocycles. The highest BCUT2D eigenvalue weighted by Gasteiger charge is 2.08. The predicted molar refractivity (Wildman–Crippen MR) is 87.3 cm³/mol. The number of thiophene rings is 1. The Labute approximate surface area is 121 Å². The van der Waals surface area contributed by atoms with Crippen molar-refractivity contribution in [3.05, 3.63) is 66.5 Å². The smallest absolute Gasteiger partial charge is 0.0358 e. The van der Waals surface area contributed by atoms with Crippen LogP contribution in [0.2, 0.25) is 0 Å². The fourth-order valence-corrected chi connectivity index (χ4v) is 3.89. The molecule has 0 aliphatic carbocycles. The second-order valence-corrected chi connectivity index (χ2v) is 6.08. The normalized spacial score (nSPS) is 11.2. The first-order valence-electron chi connectivity index (χ1n) is 6.65. The van der Waals surface area contributed by atoms with Gasteiger partial charge in [0.2, 0.25) is 0 Å². The standard InChI is InChI=1S/C18H13NS/c1-12-3-2-4-17-18(12)15-11-14(5-6-16(15)20-17)13-7-9-19-10-8-13/h2-11H,1H3. The first-order valence-corrected chi connectivity index (χ1v) is 7.47. The summed E-state index contributed by atoms with van der Waals surface area (Å²) in [5.41, 5.74) is 3.82. The molecule has 2 heteroatoms. The first-order chi connectivity index (χ1) is 9.83. The van der Waals surface area contributed by atoms with E-state index in [-0.39, 0.29) is 0 Å². The van der Waals surface area contributed by atoms with Crippen LogP contribution in [0.15, 0.2) is 60.9 Å². The zero-order chi connectivity index (χ0) is 13.5. The Morgan fingerprint density at radius 3 is 2.55 bits per heavy atom. The summed E-state index contributed by atoms with van der Waals surface area (Å²) >= 11 is 1.87. The molecule has 4 aromatic rings. The Kier molecular flexibility index (Phi) is 2.57. The van der Waals surface area contributed by atoms with Crippen LogP contribution >= 0.6 is 11.3 Å². The Bertz CT molecular complexity index is 907. The summed E-state index contributed by atoms with van der Waals surface area (Å²) in [6.07, 6.45) is 3.69. The third kappa shape index (κ3) is 1.73.